The second-order valence-corrected chi connectivity index (χ2v) is 2.88. The van der Waals surface area contributed by atoms with Crippen LogP contribution >= 0.6 is 0 Å². The monoisotopic (exact) mass is 208 g/mol. The van der Waals surface area contributed by atoms with Gasteiger partial charge < -0.3 is 19.5 Å². The van der Waals surface area contributed by atoms with Gasteiger partial charge in [-0.15, -0.1) is 0 Å². The first kappa shape index (κ1) is 11.6. The van der Waals surface area contributed by atoms with Crippen molar-refractivity contribution in [1.29, 1.82) is 0 Å². The number of rotatable bonds is 4. The van der Waals surface area contributed by atoms with E-state index in [0.29, 0.717) is 11.2 Å². The van der Waals surface area contributed by atoms with Gasteiger partial charge in [0.15, 0.2) is 0 Å². The Hall–Kier alpha value is -1.46. The Morgan fingerprint density at radius 2 is 2.00 bits per heavy atom. The highest BCUT2D eigenvalue weighted by atomic mass is 16.5. The first-order valence-electron chi connectivity index (χ1n) is 4.43. The fourth-order valence-electron chi connectivity index (χ4n) is 1.29. The van der Waals surface area contributed by atoms with Gasteiger partial charge >= 0.3 is 7.12 Å². The maximum absolute atomic E-state index is 9.11. The van der Waals surface area contributed by atoms with Crippen LogP contribution in [0.15, 0.2) is 24.5 Å². The molecule has 15 heavy (non-hydrogen) atoms. The molecule has 1 rings (SSSR count). The van der Waals surface area contributed by atoms with Gasteiger partial charge in [0, 0.05) is 11.0 Å². The normalized spacial score (nSPS) is 10.4. The molecule has 0 atom stereocenters. The van der Waals surface area contributed by atoms with Crippen LogP contribution in [0.1, 0.15) is 5.56 Å². The van der Waals surface area contributed by atoms with E-state index in [-0.39, 0.29) is 0 Å². The summed E-state index contributed by atoms with van der Waals surface area (Å²) in [5.41, 5.74) is 1.06. The van der Waals surface area contributed by atoms with Gasteiger partial charge in [-0.05, 0) is 6.08 Å². The average molecular weight is 208 g/mol. The van der Waals surface area contributed by atoms with Crippen molar-refractivity contribution in [2.24, 2.45) is 0 Å². The molecule has 80 valence electrons. The standard InChI is InChI=1S/C10H13BO4/c1-14-7-6-8-4-3-5-9(11(12)13)10(8)15-2/h3-7,12-13H,1-2H3/b7-6+. The zero-order valence-electron chi connectivity index (χ0n) is 8.68. The molecule has 0 bridgehead atoms. The molecule has 0 saturated carbocycles. The van der Waals surface area contributed by atoms with Gasteiger partial charge in [0.25, 0.3) is 0 Å². The number of benzene rings is 1. The third-order valence-electron chi connectivity index (χ3n) is 1.94. The van der Waals surface area contributed by atoms with E-state index in [4.69, 9.17) is 19.5 Å². The molecule has 0 fully saturated rings. The number of methoxy groups -OCH3 is 2. The molecule has 2 N–H and O–H groups in total. The average Bonchev–Trinajstić information content (AvgIpc) is 2.25. The van der Waals surface area contributed by atoms with Crippen molar-refractivity contribution >= 4 is 18.7 Å². The van der Waals surface area contributed by atoms with Crippen LogP contribution in [0, 0.1) is 0 Å². The zero-order chi connectivity index (χ0) is 11.3. The van der Waals surface area contributed by atoms with E-state index in [0.717, 1.165) is 5.56 Å². The number of para-hydroxylation sites is 1. The Morgan fingerprint density at radius 1 is 1.27 bits per heavy atom. The third-order valence-corrected chi connectivity index (χ3v) is 1.94. The van der Waals surface area contributed by atoms with E-state index in [9.17, 15) is 0 Å². The van der Waals surface area contributed by atoms with E-state index in [1.165, 1.54) is 20.5 Å². The smallest absolute Gasteiger partial charge is 0.492 e. The maximum atomic E-state index is 9.11. The minimum Gasteiger partial charge on any atom is -0.504 e. The molecule has 5 heteroatoms. The molecule has 0 aliphatic heterocycles. The van der Waals surface area contributed by atoms with Gasteiger partial charge in [0.05, 0.1) is 20.5 Å². The predicted octanol–water partition coefficient (Wildman–Crippen LogP) is -0.00790. The van der Waals surface area contributed by atoms with E-state index in [1.807, 2.05) is 0 Å². The molecule has 0 aliphatic rings. The first-order chi connectivity index (χ1) is 7.20. The van der Waals surface area contributed by atoms with Gasteiger partial charge in [0.1, 0.15) is 5.75 Å². The molecule has 1 aromatic rings. The van der Waals surface area contributed by atoms with E-state index < -0.39 is 7.12 Å². The van der Waals surface area contributed by atoms with Crippen LogP contribution in [0.5, 0.6) is 5.75 Å². The summed E-state index contributed by atoms with van der Waals surface area (Å²) >= 11 is 0. The third kappa shape index (κ3) is 2.74. The lowest BCUT2D eigenvalue weighted by Crippen LogP contribution is -2.31. The number of hydrogen-bond acceptors (Lipinski definition) is 4. The lowest BCUT2D eigenvalue weighted by Gasteiger charge is -2.10. The summed E-state index contributed by atoms with van der Waals surface area (Å²) in [6, 6.07) is 5.10. The van der Waals surface area contributed by atoms with Crippen molar-refractivity contribution < 1.29 is 19.5 Å². The SMILES string of the molecule is CO/C=C/c1cccc(B(O)O)c1OC. The van der Waals surface area contributed by atoms with Crippen LogP contribution < -0.4 is 10.2 Å². The molecule has 0 aromatic heterocycles. The number of hydrogen-bond donors (Lipinski definition) is 2. The fourth-order valence-corrected chi connectivity index (χ4v) is 1.29. The van der Waals surface area contributed by atoms with Crippen LogP contribution in [0.4, 0.5) is 0 Å². The van der Waals surface area contributed by atoms with Gasteiger partial charge in [-0.2, -0.15) is 0 Å². The minimum absolute atomic E-state index is 0.329. The molecule has 0 unspecified atom stereocenters. The summed E-state index contributed by atoms with van der Waals surface area (Å²) in [5, 5.41) is 18.2. The van der Waals surface area contributed by atoms with Crippen molar-refractivity contribution in [2.75, 3.05) is 14.2 Å². The lowest BCUT2D eigenvalue weighted by molar-refractivity contribution is 0.341. The van der Waals surface area contributed by atoms with Crippen molar-refractivity contribution in [3.8, 4) is 5.75 Å². The summed E-state index contributed by atoms with van der Waals surface area (Å²) in [6.45, 7) is 0. The molecular formula is C10H13BO4. The topological polar surface area (TPSA) is 58.9 Å². The molecule has 0 amide bonds. The van der Waals surface area contributed by atoms with Gasteiger partial charge in [-0.3, -0.25) is 0 Å². The maximum Gasteiger partial charge on any atom is 0.492 e. The zero-order valence-corrected chi connectivity index (χ0v) is 8.68. The summed E-state index contributed by atoms with van der Waals surface area (Å²) < 4.78 is 9.89. The highest BCUT2D eigenvalue weighted by molar-refractivity contribution is 6.59. The van der Waals surface area contributed by atoms with Crippen LogP contribution in [-0.4, -0.2) is 31.4 Å². The Labute approximate surface area is 88.9 Å². The van der Waals surface area contributed by atoms with Gasteiger partial charge in [-0.1, -0.05) is 18.2 Å². The van der Waals surface area contributed by atoms with Gasteiger partial charge in [-0.25, -0.2) is 0 Å². The summed E-state index contributed by atoms with van der Waals surface area (Å²) in [5.74, 6) is 0.431. The molecule has 0 heterocycles. The summed E-state index contributed by atoms with van der Waals surface area (Å²) in [7, 11) is 1.47. The van der Waals surface area contributed by atoms with Gasteiger partial charge in [0.2, 0.25) is 0 Å². The Balaban J connectivity index is 3.16. The summed E-state index contributed by atoms with van der Waals surface area (Å²) in [6.07, 6.45) is 3.18. The van der Waals surface area contributed by atoms with Crippen LogP contribution in [0.25, 0.3) is 6.08 Å². The Bertz CT molecular complexity index is 349. The molecular weight excluding hydrogens is 195 g/mol. The Kier molecular flexibility index (Phi) is 4.21. The fraction of sp³-hybridized carbons (Fsp3) is 0.200. The quantitative estimate of drug-likeness (QED) is 0.539. The second-order valence-electron chi connectivity index (χ2n) is 2.88. The van der Waals surface area contributed by atoms with Crippen molar-refractivity contribution in [3.63, 3.8) is 0 Å². The second kappa shape index (κ2) is 5.43. The molecule has 0 radical (unpaired) electrons. The molecule has 4 nitrogen and oxygen atoms in total. The molecule has 0 saturated heterocycles. The summed E-state index contributed by atoms with van der Waals surface area (Å²) in [4.78, 5) is 0. The molecule has 1 aromatic carbocycles. The highest BCUT2D eigenvalue weighted by Gasteiger charge is 2.18. The van der Waals surface area contributed by atoms with E-state index in [1.54, 1.807) is 24.3 Å². The van der Waals surface area contributed by atoms with Crippen molar-refractivity contribution in [2.45, 2.75) is 0 Å². The predicted molar refractivity (Wildman–Crippen MR) is 58.9 cm³/mol. The lowest BCUT2D eigenvalue weighted by atomic mass is 9.78. The minimum atomic E-state index is -1.55. The Morgan fingerprint density at radius 3 is 2.53 bits per heavy atom. The van der Waals surface area contributed by atoms with Crippen LogP contribution in [-0.2, 0) is 4.74 Å². The van der Waals surface area contributed by atoms with Crippen LogP contribution in [0.3, 0.4) is 0 Å². The van der Waals surface area contributed by atoms with Crippen molar-refractivity contribution in [1.82, 2.24) is 0 Å². The molecule has 0 spiro atoms. The first-order valence-corrected chi connectivity index (χ1v) is 4.43. The largest absolute Gasteiger partial charge is 0.504 e. The van der Waals surface area contributed by atoms with E-state index >= 15 is 0 Å². The number of ether oxygens (including phenoxy) is 2. The van der Waals surface area contributed by atoms with Crippen molar-refractivity contribution in [3.05, 3.63) is 30.0 Å². The molecule has 0 aliphatic carbocycles. The van der Waals surface area contributed by atoms with Crippen LogP contribution in [0.2, 0.25) is 0 Å². The highest BCUT2D eigenvalue weighted by Crippen LogP contribution is 2.17. The van der Waals surface area contributed by atoms with E-state index in [2.05, 4.69) is 0 Å².